The van der Waals surface area contributed by atoms with Gasteiger partial charge >= 0.3 is 14.4 Å². The maximum atomic E-state index is 10.6. The van der Waals surface area contributed by atoms with E-state index >= 15 is 0 Å². The van der Waals surface area contributed by atoms with Crippen molar-refractivity contribution in [3.05, 3.63) is 0 Å². The quantitative estimate of drug-likeness (QED) is 0.665. The van der Waals surface area contributed by atoms with Crippen LogP contribution in [-0.4, -0.2) is 41.9 Å². The molecule has 0 spiro atoms. The number of hydrogen-bond donors (Lipinski definition) is 1. The van der Waals surface area contributed by atoms with Gasteiger partial charge < -0.3 is 19.1 Å². The molecule has 0 aromatic rings. The summed E-state index contributed by atoms with van der Waals surface area (Å²) in [6.45, 7) is 11.7. The normalized spacial score (nSPS) is 42.7. The fourth-order valence-corrected chi connectivity index (χ4v) is 2.39. The van der Waals surface area contributed by atoms with Gasteiger partial charge in [-0.1, -0.05) is 0 Å². The lowest BCUT2D eigenvalue weighted by Gasteiger charge is -2.43. The van der Waals surface area contributed by atoms with Crippen molar-refractivity contribution in [2.24, 2.45) is 0 Å². The lowest BCUT2D eigenvalue weighted by molar-refractivity contribution is -0.119. The molecule has 0 saturated carbocycles. The Kier molecular flexibility index (Phi) is 3.18. The summed E-state index contributed by atoms with van der Waals surface area (Å²) in [5, 5.41) is 10.6. The van der Waals surface area contributed by atoms with E-state index in [1.54, 1.807) is 7.37 Å². The summed E-state index contributed by atoms with van der Waals surface area (Å²) >= 11 is 0. The summed E-state index contributed by atoms with van der Waals surface area (Å²) in [7, 11) is 1.09. The molecule has 0 aliphatic carbocycles. The maximum Gasteiger partial charge on any atom is 0.439 e. The molecule has 2 saturated heterocycles. The SMILES string of the molecule is CC1(O)CCC2(C)OB([B]OC1(C)C)OC2(C)C. The van der Waals surface area contributed by atoms with E-state index in [0.717, 1.165) is 6.42 Å². The molecule has 1 N–H and O–H groups in total. The van der Waals surface area contributed by atoms with E-state index in [1.807, 2.05) is 41.5 Å². The summed E-state index contributed by atoms with van der Waals surface area (Å²) in [4.78, 5) is 0. The predicted molar refractivity (Wildman–Crippen MR) is 71.2 cm³/mol. The first kappa shape index (κ1) is 14.4. The Morgan fingerprint density at radius 3 is 2.17 bits per heavy atom. The van der Waals surface area contributed by atoms with Crippen LogP contribution in [0.5, 0.6) is 0 Å². The van der Waals surface area contributed by atoms with Crippen molar-refractivity contribution in [2.75, 3.05) is 0 Å². The maximum absolute atomic E-state index is 10.6. The molecule has 2 bridgehead atoms. The second-order valence-electron chi connectivity index (χ2n) is 6.88. The van der Waals surface area contributed by atoms with Crippen LogP contribution in [0.3, 0.4) is 0 Å². The number of aliphatic hydroxyl groups is 1. The number of hydrogen-bond acceptors (Lipinski definition) is 4. The smallest absolute Gasteiger partial charge is 0.435 e. The van der Waals surface area contributed by atoms with Crippen LogP contribution in [0.4, 0.5) is 0 Å². The zero-order chi connectivity index (χ0) is 13.8. The van der Waals surface area contributed by atoms with Crippen molar-refractivity contribution in [1.82, 2.24) is 0 Å². The highest BCUT2D eigenvalue weighted by Crippen LogP contribution is 2.44. The fourth-order valence-electron chi connectivity index (χ4n) is 2.39. The first-order valence-corrected chi connectivity index (χ1v) is 6.58. The predicted octanol–water partition coefficient (Wildman–Crippen LogP) is 1.51. The molecule has 2 heterocycles. The molecule has 4 nitrogen and oxygen atoms in total. The highest BCUT2D eigenvalue weighted by Gasteiger charge is 2.57. The summed E-state index contributed by atoms with van der Waals surface area (Å²) in [5.41, 5.74) is -2.38. The molecule has 1 radical (unpaired) electrons. The van der Waals surface area contributed by atoms with E-state index in [9.17, 15) is 5.11 Å². The van der Waals surface area contributed by atoms with Crippen molar-refractivity contribution in [3.63, 3.8) is 0 Å². The van der Waals surface area contributed by atoms with E-state index in [0.29, 0.717) is 6.42 Å². The van der Waals surface area contributed by atoms with Gasteiger partial charge in [0, 0.05) is 0 Å². The lowest BCUT2D eigenvalue weighted by Crippen LogP contribution is -2.53. The Morgan fingerprint density at radius 1 is 0.944 bits per heavy atom. The minimum Gasteiger partial charge on any atom is -0.435 e. The van der Waals surface area contributed by atoms with E-state index in [-0.39, 0.29) is 0 Å². The topological polar surface area (TPSA) is 47.9 Å². The Morgan fingerprint density at radius 2 is 1.56 bits per heavy atom. The van der Waals surface area contributed by atoms with Gasteiger partial charge in [-0.05, 0) is 54.4 Å². The van der Waals surface area contributed by atoms with E-state index in [1.165, 1.54) is 0 Å². The second kappa shape index (κ2) is 3.98. The largest absolute Gasteiger partial charge is 0.439 e. The summed E-state index contributed by atoms with van der Waals surface area (Å²) < 4.78 is 17.5. The third-order valence-electron chi connectivity index (χ3n) is 4.92. The first-order chi connectivity index (χ1) is 7.99. The molecule has 0 amide bonds. The average Bonchev–Trinajstić information content (AvgIpc) is 2.45. The van der Waals surface area contributed by atoms with Gasteiger partial charge in [0.2, 0.25) is 0 Å². The highest BCUT2D eigenvalue weighted by molar-refractivity contribution is 7.03. The van der Waals surface area contributed by atoms with Crippen LogP contribution < -0.4 is 0 Å². The van der Waals surface area contributed by atoms with Gasteiger partial charge in [-0.3, -0.25) is 0 Å². The molecule has 0 aromatic carbocycles. The van der Waals surface area contributed by atoms with Crippen LogP contribution in [0, 0.1) is 0 Å². The molecule has 6 heteroatoms. The van der Waals surface area contributed by atoms with Crippen molar-refractivity contribution < 1.29 is 19.1 Å². The monoisotopic (exact) mass is 253 g/mol. The molecule has 101 valence electrons. The summed E-state index contributed by atoms with van der Waals surface area (Å²) in [6, 6.07) is 0. The van der Waals surface area contributed by atoms with Crippen molar-refractivity contribution in [2.45, 2.75) is 76.8 Å². The minimum absolute atomic E-state index is 0.394. The molecule has 2 fully saturated rings. The standard InChI is InChI=1S/C12H23B2O4/c1-9(2)11(5,15)7-8-12(6)10(3,4)17-14(18-12)13-16-9/h15H,7-8H2,1-6H3. The zero-order valence-electron chi connectivity index (χ0n) is 12.2. The zero-order valence-corrected chi connectivity index (χ0v) is 12.2. The molecule has 0 aromatic heterocycles. The van der Waals surface area contributed by atoms with Gasteiger partial charge in [0.05, 0.1) is 22.4 Å². The molecule has 2 unspecified atom stereocenters. The molecule has 2 rings (SSSR count). The minimum atomic E-state index is -0.906. The van der Waals surface area contributed by atoms with Crippen LogP contribution >= 0.6 is 0 Å². The Bertz CT molecular complexity index is 343. The third-order valence-corrected chi connectivity index (χ3v) is 4.92. The van der Waals surface area contributed by atoms with E-state index < -0.39 is 29.4 Å². The second-order valence-corrected chi connectivity index (χ2v) is 6.88. The van der Waals surface area contributed by atoms with Crippen LogP contribution in [-0.2, 0) is 14.0 Å². The van der Waals surface area contributed by atoms with Crippen LogP contribution in [0.2, 0.25) is 0 Å². The molecular formula is C12H23B2O4. The van der Waals surface area contributed by atoms with E-state index in [4.69, 9.17) is 14.0 Å². The molecule has 2 atom stereocenters. The first-order valence-electron chi connectivity index (χ1n) is 6.58. The molecule has 2 aliphatic rings. The number of fused-ring (bicyclic) bond motifs is 2. The van der Waals surface area contributed by atoms with Gasteiger partial charge in [0.25, 0.3) is 0 Å². The Hall–Kier alpha value is -0.0301. The van der Waals surface area contributed by atoms with Crippen molar-refractivity contribution in [1.29, 1.82) is 0 Å². The van der Waals surface area contributed by atoms with Crippen molar-refractivity contribution in [3.8, 4) is 0 Å². The lowest BCUT2D eigenvalue weighted by atomic mass is 9.55. The average molecular weight is 253 g/mol. The van der Waals surface area contributed by atoms with Crippen LogP contribution in [0.1, 0.15) is 54.4 Å². The molecular weight excluding hydrogens is 230 g/mol. The molecule has 18 heavy (non-hydrogen) atoms. The third kappa shape index (κ3) is 2.13. The molecule has 2 aliphatic heterocycles. The van der Waals surface area contributed by atoms with E-state index in [2.05, 4.69) is 0 Å². The van der Waals surface area contributed by atoms with Crippen LogP contribution in [0.25, 0.3) is 0 Å². The van der Waals surface area contributed by atoms with Crippen molar-refractivity contribution >= 4 is 14.4 Å². The Balaban J connectivity index is 2.28. The van der Waals surface area contributed by atoms with Gasteiger partial charge in [0.1, 0.15) is 0 Å². The van der Waals surface area contributed by atoms with Gasteiger partial charge in [0.15, 0.2) is 0 Å². The van der Waals surface area contributed by atoms with Gasteiger partial charge in [-0.2, -0.15) is 0 Å². The summed E-state index contributed by atoms with van der Waals surface area (Å²) in [5.74, 6) is 0. The van der Waals surface area contributed by atoms with Gasteiger partial charge in [-0.25, -0.2) is 0 Å². The van der Waals surface area contributed by atoms with Gasteiger partial charge in [-0.15, -0.1) is 0 Å². The fraction of sp³-hybridized carbons (Fsp3) is 1.00. The Labute approximate surface area is 111 Å². The summed E-state index contributed by atoms with van der Waals surface area (Å²) in [6.07, 6.45) is 1.33. The van der Waals surface area contributed by atoms with Crippen LogP contribution in [0.15, 0.2) is 0 Å². The highest BCUT2D eigenvalue weighted by atomic mass is 16.7. The number of rotatable bonds is 0.